The third kappa shape index (κ3) is 3.08. The number of aromatic nitrogens is 2. The molecule has 1 rings (SSSR count). The lowest BCUT2D eigenvalue weighted by Crippen LogP contribution is -2.07. The first-order valence-electron chi connectivity index (χ1n) is 4.01. The first-order chi connectivity index (χ1) is 5.91. The van der Waals surface area contributed by atoms with E-state index in [-0.39, 0.29) is 11.5 Å². The van der Waals surface area contributed by atoms with Gasteiger partial charge in [-0.05, 0) is 13.8 Å². The summed E-state index contributed by atoms with van der Waals surface area (Å²) in [7, 11) is 0. The van der Waals surface area contributed by atoms with Gasteiger partial charge in [-0.15, -0.1) is 0 Å². The van der Waals surface area contributed by atoms with Crippen LogP contribution < -0.4 is 0 Å². The molecule has 13 heavy (non-hydrogen) atoms. The molecule has 1 aromatic rings. The zero-order chi connectivity index (χ0) is 10.6. The second-order valence-electron chi connectivity index (χ2n) is 2.29. The summed E-state index contributed by atoms with van der Waals surface area (Å²) in [6, 6.07) is 0. The Morgan fingerprint density at radius 2 is 1.62 bits per heavy atom. The van der Waals surface area contributed by atoms with E-state index in [1.807, 2.05) is 13.8 Å². The van der Waals surface area contributed by atoms with Crippen molar-refractivity contribution in [3.63, 3.8) is 0 Å². The zero-order valence-electron chi connectivity index (χ0n) is 8.08. The summed E-state index contributed by atoms with van der Waals surface area (Å²) in [6.45, 7) is 6.84. The molecule has 1 heterocycles. The molecule has 0 saturated heterocycles. The Balaban J connectivity index is 0.000000671. The average molecular weight is 194 g/mol. The maximum Gasteiger partial charge on any atom is 0.435 e. The van der Waals surface area contributed by atoms with Gasteiger partial charge in [-0.2, -0.15) is 13.2 Å². The molecule has 0 spiro atoms. The molecule has 1 aromatic heterocycles. The number of nitrogens with one attached hydrogen (secondary N) is 1. The highest BCUT2D eigenvalue weighted by atomic mass is 19.4. The minimum absolute atomic E-state index is 0.0648. The highest BCUT2D eigenvalue weighted by molar-refractivity contribution is 5.15. The Labute approximate surface area is 75.2 Å². The van der Waals surface area contributed by atoms with Gasteiger partial charge in [0, 0.05) is 5.69 Å². The van der Waals surface area contributed by atoms with E-state index in [1.165, 1.54) is 13.8 Å². The Bertz CT molecular complexity index is 263. The van der Waals surface area contributed by atoms with E-state index in [0.29, 0.717) is 0 Å². The van der Waals surface area contributed by atoms with Crippen molar-refractivity contribution < 1.29 is 13.2 Å². The van der Waals surface area contributed by atoms with Crippen LogP contribution in [0.3, 0.4) is 0 Å². The number of aryl methyl sites for hydroxylation is 2. The van der Waals surface area contributed by atoms with Crippen LogP contribution in [0.25, 0.3) is 0 Å². The number of alkyl halides is 3. The molecule has 2 nitrogen and oxygen atoms in total. The maximum absolute atomic E-state index is 12.0. The van der Waals surface area contributed by atoms with Gasteiger partial charge in [0.05, 0.1) is 0 Å². The van der Waals surface area contributed by atoms with E-state index in [4.69, 9.17) is 0 Å². The number of aromatic amines is 1. The van der Waals surface area contributed by atoms with E-state index in [1.54, 1.807) is 0 Å². The van der Waals surface area contributed by atoms with Crippen molar-refractivity contribution in [1.82, 2.24) is 9.97 Å². The third-order valence-corrected chi connectivity index (χ3v) is 1.27. The number of hydrogen-bond donors (Lipinski definition) is 1. The first-order valence-corrected chi connectivity index (χ1v) is 4.01. The SMILES string of the molecule is CC.Cc1nc(C(F)(F)F)c(C)[nH]1. The second kappa shape index (κ2) is 4.30. The fourth-order valence-corrected chi connectivity index (χ4v) is 0.886. The Hall–Kier alpha value is -1.00. The third-order valence-electron chi connectivity index (χ3n) is 1.27. The summed E-state index contributed by atoms with van der Waals surface area (Å²) >= 11 is 0. The molecule has 5 heteroatoms. The minimum atomic E-state index is -4.34. The fraction of sp³-hybridized carbons (Fsp3) is 0.625. The Kier molecular flexibility index (Phi) is 3.97. The molecule has 0 aromatic carbocycles. The monoisotopic (exact) mass is 194 g/mol. The van der Waals surface area contributed by atoms with Gasteiger partial charge in [-0.1, -0.05) is 13.8 Å². The quantitative estimate of drug-likeness (QED) is 0.675. The van der Waals surface area contributed by atoms with Crippen molar-refractivity contribution in [3.05, 3.63) is 17.2 Å². The first kappa shape index (κ1) is 12.0. The summed E-state index contributed by atoms with van der Waals surface area (Å²) in [5.41, 5.74) is -0.759. The highest BCUT2D eigenvalue weighted by Gasteiger charge is 2.35. The van der Waals surface area contributed by atoms with Crippen LogP contribution in [0.4, 0.5) is 13.2 Å². The van der Waals surface area contributed by atoms with Crippen LogP contribution in [0.2, 0.25) is 0 Å². The lowest BCUT2D eigenvalue weighted by molar-refractivity contribution is -0.141. The minimum Gasteiger partial charge on any atom is -0.346 e. The predicted octanol–water partition coefficient (Wildman–Crippen LogP) is 3.07. The molecule has 0 aliphatic heterocycles. The standard InChI is InChI=1S/C6H7F3N2.C2H6/c1-3-5(6(7,8)9)11-4(2)10-3;1-2/h1-2H3,(H,10,11);1-2H3. The van der Waals surface area contributed by atoms with E-state index >= 15 is 0 Å². The largest absolute Gasteiger partial charge is 0.435 e. The normalized spacial score (nSPS) is 10.7. The van der Waals surface area contributed by atoms with Gasteiger partial charge in [-0.3, -0.25) is 0 Å². The van der Waals surface area contributed by atoms with Gasteiger partial charge in [0.15, 0.2) is 5.69 Å². The van der Waals surface area contributed by atoms with E-state index < -0.39 is 11.9 Å². The van der Waals surface area contributed by atoms with E-state index in [0.717, 1.165) is 0 Å². The van der Waals surface area contributed by atoms with Crippen LogP contribution in [0.15, 0.2) is 0 Å². The topological polar surface area (TPSA) is 28.7 Å². The lowest BCUT2D eigenvalue weighted by Gasteiger charge is -2.01. The molecule has 76 valence electrons. The average Bonchev–Trinajstić information content (AvgIpc) is 2.33. The van der Waals surface area contributed by atoms with Gasteiger partial charge >= 0.3 is 6.18 Å². The molecule has 0 aliphatic rings. The van der Waals surface area contributed by atoms with Crippen LogP contribution in [-0.2, 0) is 6.18 Å². The van der Waals surface area contributed by atoms with Crippen LogP contribution in [-0.4, -0.2) is 9.97 Å². The van der Waals surface area contributed by atoms with Crippen LogP contribution in [0, 0.1) is 13.8 Å². The van der Waals surface area contributed by atoms with Gasteiger partial charge in [0.1, 0.15) is 5.82 Å². The van der Waals surface area contributed by atoms with Crippen LogP contribution in [0.1, 0.15) is 31.1 Å². The molecular formula is C8H13F3N2. The predicted molar refractivity (Wildman–Crippen MR) is 44.4 cm³/mol. The van der Waals surface area contributed by atoms with E-state index in [9.17, 15) is 13.2 Å². The molecule has 0 saturated carbocycles. The molecule has 0 unspecified atom stereocenters. The Morgan fingerprint density at radius 3 is 1.77 bits per heavy atom. The number of H-pyrrole nitrogens is 1. The smallest absolute Gasteiger partial charge is 0.346 e. The molecule has 0 bridgehead atoms. The molecule has 0 aliphatic carbocycles. The van der Waals surface area contributed by atoms with Gasteiger partial charge < -0.3 is 4.98 Å². The van der Waals surface area contributed by atoms with Crippen LogP contribution in [0.5, 0.6) is 0 Å². The molecule has 0 fully saturated rings. The van der Waals surface area contributed by atoms with Crippen molar-refractivity contribution in [1.29, 1.82) is 0 Å². The number of imidazole rings is 1. The second-order valence-corrected chi connectivity index (χ2v) is 2.29. The summed E-state index contributed by atoms with van der Waals surface area (Å²) < 4.78 is 35.9. The highest BCUT2D eigenvalue weighted by Crippen LogP contribution is 2.29. The molecular weight excluding hydrogens is 181 g/mol. The Morgan fingerprint density at radius 1 is 1.15 bits per heavy atom. The van der Waals surface area contributed by atoms with Gasteiger partial charge in [0.25, 0.3) is 0 Å². The summed E-state index contributed by atoms with van der Waals surface area (Å²) in [6.07, 6.45) is -4.34. The summed E-state index contributed by atoms with van der Waals surface area (Å²) in [5, 5.41) is 0. The van der Waals surface area contributed by atoms with Gasteiger partial charge in [-0.25, -0.2) is 4.98 Å². The van der Waals surface area contributed by atoms with Crippen molar-refractivity contribution in [3.8, 4) is 0 Å². The van der Waals surface area contributed by atoms with Crippen molar-refractivity contribution >= 4 is 0 Å². The number of nitrogens with zero attached hydrogens (tertiary/aromatic N) is 1. The van der Waals surface area contributed by atoms with Gasteiger partial charge in [0.2, 0.25) is 0 Å². The number of hydrogen-bond acceptors (Lipinski definition) is 1. The number of halogens is 3. The fourth-order valence-electron chi connectivity index (χ4n) is 0.886. The number of rotatable bonds is 0. The molecule has 0 amide bonds. The zero-order valence-corrected chi connectivity index (χ0v) is 8.08. The summed E-state index contributed by atoms with van der Waals surface area (Å²) in [5.74, 6) is 0.287. The van der Waals surface area contributed by atoms with Crippen molar-refractivity contribution in [2.24, 2.45) is 0 Å². The summed E-state index contributed by atoms with van der Waals surface area (Å²) in [4.78, 5) is 5.78. The maximum atomic E-state index is 12.0. The molecule has 1 N–H and O–H groups in total. The van der Waals surface area contributed by atoms with E-state index in [2.05, 4.69) is 9.97 Å². The molecule has 0 atom stereocenters. The lowest BCUT2D eigenvalue weighted by atomic mass is 10.3. The van der Waals surface area contributed by atoms with Crippen LogP contribution >= 0.6 is 0 Å². The van der Waals surface area contributed by atoms with Crippen molar-refractivity contribution in [2.75, 3.05) is 0 Å². The molecule has 0 radical (unpaired) electrons. The van der Waals surface area contributed by atoms with Crippen molar-refractivity contribution in [2.45, 2.75) is 33.9 Å².